The number of H-pyrrole nitrogens is 1. The molecule has 1 saturated heterocycles. The molecule has 3 rings (SSSR count). The Morgan fingerprint density at radius 3 is 2.96 bits per heavy atom. The molecule has 0 saturated carbocycles. The Morgan fingerprint density at radius 2 is 2.21 bits per heavy atom. The molecule has 130 valence electrons. The molecule has 0 spiro atoms. The first kappa shape index (κ1) is 17.3. The average molecular weight is 369 g/mol. The van der Waals surface area contributed by atoms with Gasteiger partial charge in [0.05, 0.1) is 17.9 Å². The molecule has 0 aliphatic carbocycles. The lowest BCUT2D eigenvalue weighted by atomic mass is 10.0. The van der Waals surface area contributed by atoms with E-state index in [2.05, 4.69) is 10.3 Å². The number of hydrogen-bond acceptors (Lipinski definition) is 3. The van der Waals surface area contributed by atoms with Crippen molar-refractivity contribution < 1.29 is 13.2 Å². The van der Waals surface area contributed by atoms with Gasteiger partial charge in [0, 0.05) is 28.7 Å². The molecule has 7 heteroatoms. The molecule has 1 aliphatic rings. The van der Waals surface area contributed by atoms with Gasteiger partial charge in [-0.3, -0.25) is 4.79 Å². The number of halogens is 1. The first-order valence-electron chi connectivity index (χ1n) is 8.15. The summed E-state index contributed by atoms with van der Waals surface area (Å²) in [6.45, 7) is 0.582. The molecule has 1 aromatic heterocycles. The number of amides is 1. The van der Waals surface area contributed by atoms with Crippen LogP contribution in [-0.2, 0) is 21.1 Å². The number of aromatic nitrogens is 1. The van der Waals surface area contributed by atoms with Crippen LogP contribution in [0.2, 0.25) is 5.02 Å². The summed E-state index contributed by atoms with van der Waals surface area (Å²) in [5.41, 5.74) is 1.89. The van der Waals surface area contributed by atoms with Crippen LogP contribution in [-0.4, -0.2) is 37.4 Å². The summed E-state index contributed by atoms with van der Waals surface area (Å²) >= 11 is 6.01. The van der Waals surface area contributed by atoms with E-state index < -0.39 is 9.84 Å². The summed E-state index contributed by atoms with van der Waals surface area (Å²) in [5, 5.41) is 4.52. The van der Waals surface area contributed by atoms with Crippen molar-refractivity contribution in [2.24, 2.45) is 5.92 Å². The Hall–Kier alpha value is -1.53. The Balaban J connectivity index is 1.45. The van der Waals surface area contributed by atoms with Crippen molar-refractivity contribution in [1.82, 2.24) is 10.3 Å². The second-order valence-corrected chi connectivity index (χ2v) is 9.11. The number of benzene rings is 1. The average Bonchev–Trinajstić information content (AvgIpc) is 3.07. The van der Waals surface area contributed by atoms with E-state index in [4.69, 9.17) is 11.6 Å². The standard InChI is InChI=1S/C17H21ClN2O3S/c18-14-3-4-16-15(9-14)13(10-20-16)8-17(21)19-6-1-2-12-5-7-24(22,23)11-12/h3-4,9-10,12,20H,1-2,5-8,11H2,(H,19,21). The van der Waals surface area contributed by atoms with Crippen molar-refractivity contribution in [1.29, 1.82) is 0 Å². The number of hydrogen-bond donors (Lipinski definition) is 2. The van der Waals surface area contributed by atoms with Crippen LogP contribution < -0.4 is 5.32 Å². The summed E-state index contributed by atoms with van der Waals surface area (Å²) in [6, 6.07) is 5.57. The number of sulfone groups is 1. The molecular weight excluding hydrogens is 348 g/mol. The van der Waals surface area contributed by atoms with Crippen molar-refractivity contribution in [3.05, 3.63) is 35.0 Å². The Labute approximate surface area is 146 Å². The summed E-state index contributed by atoms with van der Waals surface area (Å²) < 4.78 is 22.8. The zero-order chi connectivity index (χ0) is 17.2. The summed E-state index contributed by atoms with van der Waals surface area (Å²) in [7, 11) is -2.81. The molecule has 2 aromatic rings. The van der Waals surface area contributed by atoms with Crippen molar-refractivity contribution in [3.8, 4) is 0 Å². The molecule has 0 bridgehead atoms. The molecule has 1 amide bonds. The van der Waals surface area contributed by atoms with E-state index in [1.54, 1.807) is 0 Å². The van der Waals surface area contributed by atoms with E-state index in [1.807, 2.05) is 24.4 Å². The number of rotatable bonds is 6. The predicted octanol–water partition coefficient (Wildman–Crippen LogP) is 2.69. The van der Waals surface area contributed by atoms with Crippen molar-refractivity contribution in [3.63, 3.8) is 0 Å². The fourth-order valence-electron chi connectivity index (χ4n) is 3.25. The zero-order valence-electron chi connectivity index (χ0n) is 13.3. The van der Waals surface area contributed by atoms with Crippen LogP contribution in [0.5, 0.6) is 0 Å². The van der Waals surface area contributed by atoms with Crippen molar-refractivity contribution in [2.75, 3.05) is 18.1 Å². The number of fused-ring (bicyclic) bond motifs is 1. The maximum Gasteiger partial charge on any atom is 0.224 e. The van der Waals surface area contributed by atoms with Gasteiger partial charge in [-0.1, -0.05) is 11.6 Å². The van der Waals surface area contributed by atoms with E-state index in [-0.39, 0.29) is 11.8 Å². The van der Waals surface area contributed by atoms with Gasteiger partial charge < -0.3 is 10.3 Å². The van der Waals surface area contributed by atoms with Crippen LogP contribution in [0.1, 0.15) is 24.8 Å². The second kappa shape index (κ2) is 7.15. The highest BCUT2D eigenvalue weighted by Crippen LogP contribution is 2.23. The minimum absolute atomic E-state index is 0.0325. The fourth-order valence-corrected chi connectivity index (χ4v) is 5.33. The van der Waals surface area contributed by atoms with E-state index in [0.717, 1.165) is 35.7 Å². The van der Waals surface area contributed by atoms with Gasteiger partial charge in [0.15, 0.2) is 9.84 Å². The molecule has 1 aromatic carbocycles. The molecule has 24 heavy (non-hydrogen) atoms. The van der Waals surface area contributed by atoms with Gasteiger partial charge in [-0.15, -0.1) is 0 Å². The minimum Gasteiger partial charge on any atom is -0.361 e. The van der Waals surface area contributed by atoms with Crippen molar-refractivity contribution in [2.45, 2.75) is 25.7 Å². The van der Waals surface area contributed by atoms with Crippen LogP contribution in [0.25, 0.3) is 10.9 Å². The second-order valence-electron chi connectivity index (χ2n) is 6.44. The highest BCUT2D eigenvalue weighted by Gasteiger charge is 2.27. The smallest absolute Gasteiger partial charge is 0.224 e. The van der Waals surface area contributed by atoms with E-state index >= 15 is 0 Å². The number of nitrogens with one attached hydrogen (secondary N) is 2. The fraction of sp³-hybridized carbons (Fsp3) is 0.471. The summed E-state index contributed by atoms with van der Waals surface area (Å²) in [5.74, 6) is 0.835. The Bertz CT molecular complexity index is 845. The van der Waals surface area contributed by atoms with Crippen LogP contribution in [0, 0.1) is 5.92 Å². The normalized spacial score (nSPS) is 19.6. The first-order chi connectivity index (χ1) is 11.4. The predicted molar refractivity (Wildman–Crippen MR) is 96.0 cm³/mol. The molecule has 2 heterocycles. The maximum atomic E-state index is 12.1. The van der Waals surface area contributed by atoms with Gasteiger partial charge in [0.2, 0.25) is 5.91 Å². The maximum absolute atomic E-state index is 12.1. The van der Waals surface area contributed by atoms with E-state index in [0.29, 0.717) is 29.5 Å². The van der Waals surface area contributed by atoms with Gasteiger partial charge in [-0.25, -0.2) is 8.42 Å². The lowest BCUT2D eigenvalue weighted by Gasteiger charge is -2.08. The highest BCUT2D eigenvalue weighted by atomic mass is 35.5. The van der Waals surface area contributed by atoms with Gasteiger partial charge in [-0.05, 0) is 48.9 Å². The molecule has 0 radical (unpaired) electrons. The molecular formula is C17H21ClN2O3S. The van der Waals surface area contributed by atoms with Crippen LogP contribution >= 0.6 is 11.6 Å². The SMILES string of the molecule is O=C(Cc1c[nH]c2ccc(Cl)cc12)NCCCC1CCS(=O)(=O)C1. The molecule has 1 unspecified atom stereocenters. The van der Waals surface area contributed by atoms with E-state index in [1.165, 1.54) is 0 Å². The number of aromatic amines is 1. The molecule has 5 nitrogen and oxygen atoms in total. The van der Waals surface area contributed by atoms with Gasteiger partial charge in [-0.2, -0.15) is 0 Å². The molecule has 2 N–H and O–H groups in total. The molecule has 1 fully saturated rings. The first-order valence-corrected chi connectivity index (χ1v) is 10.4. The van der Waals surface area contributed by atoms with Crippen LogP contribution in [0.15, 0.2) is 24.4 Å². The third-order valence-electron chi connectivity index (χ3n) is 4.52. The largest absolute Gasteiger partial charge is 0.361 e. The third kappa shape index (κ3) is 4.30. The van der Waals surface area contributed by atoms with E-state index in [9.17, 15) is 13.2 Å². The lowest BCUT2D eigenvalue weighted by Crippen LogP contribution is -2.26. The summed E-state index contributed by atoms with van der Waals surface area (Å²) in [4.78, 5) is 15.2. The highest BCUT2D eigenvalue weighted by molar-refractivity contribution is 7.91. The van der Waals surface area contributed by atoms with Gasteiger partial charge in [0.1, 0.15) is 0 Å². The number of carbonyl (C=O) groups is 1. The quantitative estimate of drug-likeness (QED) is 0.769. The monoisotopic (exact) mass is 368 g/mol. The van der Waals surface area contributed by atoms with Crippen LogP contribution in [0.4, 0.5) is 0 Å². The van der Waals surface area contributed by atoms with Gasteiger partial charge >= 0.3 is 0 Å². The number of carbonyl (C=O) groups excluding carboxylic acids is 1. The molecule has 1 atom stereocenters. The Morgan fingerprint density at radius 1 is 1.38 bits per heavy atom. The van der Waals surface area contributed by atoms with Gasteiger partial charge in [0.25, 0.3) is 0 Å². The Kier molecular flexibility index (Phi) is 5.15. The summed E-state index contributed by atoms with van der Waals surface area (Å²) in [6.07, 6.45) is 4.56. The van der Waals surface area contributed by atoms with Crippen molar-refractivity contribution >= 4 is 38.2 Å². The topological polar surface area (TPSA) is 79.0 Å². The zero-order valence-corrected chi connectivity index (χ0v) is 14.9. The minimum atomic E-state index is -2.81. The third-order valence-corrected chi connectivity index (χ3v) is 6.59. The lowest BCUT2D eigenvalue weighted by molar-refractivity contribution is -0.120. The molecule has 1 aliphatic heterocycles. The van der Waals surface area contributed by atoms with Crippen LogP contribution in [0.3, 0.4) is 0 Å².